The molecule has 3 aliphatic heterocycles. The summed E-state index contributed by atoms with van der Waals surface area (Å²) < 4.78 is 6.56. The average Bonchev–Trinajstić information content (AvgIpc) is 3.40. The molecule has 5 nitrogen and oxygen atoms in total. The van der Waals surface area contributed by atoms with Crippen LogP contribution in [-0.2, 0) is 9.53 Å². The Morgan fingerprint density at radius 2 is 2.19 bits per heavy atom. The monoisotopic (exact) mass is 369 g/mol. The minimum atomic E-state index is -0.147. The molecular weight excluding hydrogens is 338 g/mol. The predicted octanol–water partition coefficient (Wildman–Crippen LogP) is 3.07. The zero-order valence-electron chi connectivity index (χ0n) is 16.5. The van der Waals surface area contributed by atoms with Gasteiger partial charge in [-0.05, 0) is 44.2 Å². The normalized spacial score (nSPS) is 36.2. The van der Waals surface area contributed by atoms with E-state index in [1.54, 1.807) is 0 Å². The Morgan fingerprint density at radius 3 is 2.96 bits per heavy atom. The van der Waals surface area contributed by atoms with Crippen molar-refractivity contribution in [3.8, 4) is 0 Å². The number of anilines is 1. The summed E-state index contributed by atoms with van der Waals surface area (Å²) in [6.45, 7) is 7.04. The first kappa shape index (κ1) is 17.5. The van der Waals surface area contributed by atoms with E-state index in [0.717, 1.165) is 45.3 Å². The molecule has 1 spiro atoms. The second-order valence-corrected chi connectivity index (χ2v) is 9.55. The molecule has 4 aliphatic rings. The molecule has 5 rings (SSSR count). The maximum atomic E-state index is 12.8. The molecule has 4 atom stereocenters. The van der Waals surface area contributed by atoms with Crippen LogP contribution < -0.4 is 10.2 Å². The topological polar surface area (TPSA) is 54.5 Å². The third kappa shape index (κ3) is 2.69. The van der Waals surface area contributed by atoms with E-state index in [1.807, 2.05) is 12.4 Å². The molecule has 1 saturated carbocycles. The Kier molecular flexibility index (Phi) is 4.01. The third-order valence-electron chi connectivity index (χ3n) is 7.87. The molecule has 1 aromatic rings. The number of aromatic nitrogens is 1. The number of nitrogens with one attached hydrogen (secondary N) is 1. The van der Waals surface area contributed by atoms with Gasteiger partial charge in [-0.15, -0.1) is 0 Å². The van der Waals surface area contributed by atoms with E-state index < -0.39 is 0 Å². The number of hydrogen-bond acceptors (Lipinski definition) is 4. The van der Waals surface area contributed by atoms with E-state index >= 15 is 0 Å². The van der Waals surface area contributed by atoms with Gasteiger partial charge in [0.1, 0.15) is 0 Å². The van der Waals surface area contributed by atoms with Crippen molar-refractivity contribution < 1.29 is 9.53 Å². The highest BCUT2D eigenvalue weighted by atomic mass is 16.5. The fraction of sp³-hybridized carbons (Fsp3) is 0.727. The number of nitrogens with zero attached hydrogens (tertiary/aromatic N) is 2. The van der Waals surface area contributed by atoms with Crippen molar-refractivity contribution in [1.82, 2.24) is 10.3 Å². The molecule has 0 unspecified atom stereocenters. The Bertz CT molecular complexity index is 745. The summed E-state index contributed by atoms with van der Waals surface area (Å²) in [5.74, 6) is 1.22. The van der Waals surface area contributed by atoms with Crippen LogP contribution >= 0.6 is 0 Å². The van der Waals surface area contributed by atoms with Gasteiger partial charge in [0.2, 0.25) is 5.91 Å². The van der Waals surface area contributed by atoms with Crippen molar-refractivity contribution in [1.29, 1.82) is 0 Å². The summed E-state index contributed by atoms with van der Waals surface area (Å²) in [5.41, 5.74) is 2.35. The first-order valence-electron chi connectivity index (χ1n) is 10.6. The molecule has 4 fully saturated rings. The number of carbonyl (C=O) groups is 1. The summed E-state index contributed by atoms with van der Waals surface area (Å²) >= 11 is 0. The zero-order valence-corrected chi connectivity index (χ0v) is 16.5. The Balaban J connectivity index is 1.30. The largest absolute Gasteiger partial charge is 0.369 e. The summed E-state index contributed by atoms with van der Waals surface area (Å²) in [6, 6.07) is 2.12. The molecule has 27 heavy (non-hydrogen) atoms. The van der Waals surface area contributed by atoms with Crippen LogP contribution in [0.2, 0.25) is 0 Å². The van der Waals surface area contributed by atoms with Gasteiger partial charge in [-0.1, -0.05) is 19.8 Å². The van der Waals surface area contributed by atoms with Gasteiger partial charge < -0.3 is 15.0 Å². The zero-order chi connectivity index (χ0) is 18.6. The molecule has 146 valence electrons. The fourth-order valence-corrected chi connectivity index (χ4v) is 6.27. The number of fused-ring (bicyclic) bond motifs is 1. The van der Waals surface area contributed by atoms with Crippen molar-refractivity contribution in [3.05, 3.63) is 24.0 Å². The van der Waals surface area contributed by atoms with Gasteiger partial charge in [-0.25, -0.2) is 0 Å². The number of amides is 1. The Labute approximate surface area is 161 Å². The van der Waals surface area contributed by atoms with E-state index in [-0.39, 0.29) is 16.9 Å². The van der Waals surface area contributed by atoms with Crippen LogP contribution in [0.1, 0.15) is 51.0 Å². The van der Waals surface area contributed by atoms with Gasteiger partial charge in [0.25, 0.3) is 0 Å². The molecule has 2 bridgehead atoms. The summed E-state index contributed by atoms with van der Waals surface area (Å²) in [6.07, 6.45) is 10.9. The van der Waals surface area contributed by atoms with Crippen LogP contribution in [0.5, 0.6) is 0 Å². The third-order valence-corrected chi connectivity index (χ3v) is 7.87. The second kappa shape index (κ2) is 6.20. The van der Waals surface area contributed by atoms with Gasteiger partial charge in [0.15, 0.2) is 0 Å². The lowest BCUT2D eigenvalue weighted by Crippen LogP contribution is -2.45. The first-order valence-corrected chi connectivity index (χ1v) is 10.6. The molecular formula is C22H31N3O2. The van der Waals surface area contributed by atoms with Gasteiger partial charge in [-0.3, -0.25) is 9.78 Å². The Morgan fingerprint density at radius 1 is 1.37 bits per heavy atom. The van der Waals surface area contributed by atoms with Crippen molar-refractivity contribution >= 4 is 11.6 Å². The van der Waals surface area contributed by atoms with Gasteiger partial charge in [-0.2, -0.15) is 0 Å². The van der Waals surface area contributed by atoms with Crippen LogP contribution in [0.4, 0.5) is 5.69 Å². The number of hydrogen-bond donors (Lipinski definition) is 1. The van der Waals surface area contributed by atoms with E-state index in [2.05, 4.69) is 35.1 Å². The lowest BCUT2D eigenvalue weighted by Gasteiger charge is -2.30. The van der Waals surface area contributed by atoms with E-state index in [0.29, 0.717) is 17.9 Å². The minimum Gasteiger partial charge on any atom is -0.369 e. The highest BCUT2D eigenvalue weighted by Gasteiger charge is 2.63. The predicted molar refractivity (Wildman–Crippen MR) is 105 cm³/mol. The number of carbonyl (C=O) groups excluding carboxylic acids is 1. The summed E-state index contributed by atoms with van der Waals surface area (Å²) in [7, 11) is 0. The highest BCUT2D eigenvalue weighted by molar-refractivity contribution is 5.82. The molecule has 1 aromatic heterocycles. The molecule has 3 saturated heterocycles. The Hall–Kier alpha value is -1.62. The second-order valence-electron chi connectivity index (χ2n) is 9.55. The van der Waals surface area contributed by atoms with Gasteiger partial charge >= 0.3 is 0 Å². The maximum absolute atomic E-state index is 12.8. The molecule has 5 heteroatoms. The smallest absolute Gasteiger partial charge is 0.225 e. The van der Waals surface area contributed by atoms with Crippen molar-refractivity contribution in [2.24, 2.45) is 17.3 Å². The van der Waals surface area contributed by atoms with E-state index in [4.69, 9.17) is 4.74 Å². The van der Waals surface area contributed by atoms with E-state index in [9.17, 15) is 4.79 Å². The van der Waals surface area contributed by atoms with Crippen LogP contribution in [0, 0.1) is 24.2 Å². The fourth-order valence-electron chi connectivity index (χ4n) is 6.27. The molecule has 1 aliphatic carbocycles. The quantitative estimate of drug-likeness (QED) is 0.886. The number of aryl methyl sites for hydroxylation is 1. The lowest BCUT2D eigenvalue weighted by molar-refractivity contribution is -0.130. The van der Waals surface area contributed by atoms with Crippen molar-refractivity contribution in [2.45, 2.75) is 64.1 Å². The SMILES string of the molecule is Cc1cnccc1N1C[C@@H]2[C@H](CNC(=O)C3(C)CCCC3)[C@H]3CC[C@]2(C1)O3. The molecule has 0 radical (unpaired) electrons. The lowest BCUT2D eigenvalue weighted by atomic mass is 9.73. The highest BCUT2D eigenvalue weighted by Crippen LogP contribution is 2.55. The number of ether oxygens (including phenoxy) is 1. The van der Waals surface area contributed by atoms with Crippen molar-refractivity contribution in [2.75, 3.05) is 24.5 Å². The molecule has 1 amide bonds. The summed E-state index contributed by atoms with van der Waals surface area (Å²) in [4.78, 5) is 19.5. The number of rotatable bonds is 4. The van der Waals surface area contributed by atoms with Crippen LogP contribution in [-0.4, -0.2) is 42.2 Å². The molecule has 1 N–H and O–H groups in total. The molecule has 4 heterocycles. The van der Waals surface area contributed by atoms with Gasteiger partial charge in [0.05, 0.1) is 11.7 Å². The molecule has 0 aromatic carbocycles. The first-order chi connectivity index (χ1) is 13.0. The van der Waals surface area contributed by atoms with E-state index in [1.165, 1.54) is 24.1 Å². The van der Waals surface area contributed by atoms with Crippen LogP contribution in [0.3, 0.4) is 0 Å². The van der Waals surface area contributed by atoms with Crippen molar-refractivity contribution in [3.63, 3.8) is 0 Å². The van der Waals surface area contributed by atoms with Crippen LogP contribution in [0.15, 0.2) is 18.5 Å². The van der Waals surface area contributed by atoms with Crippen LogP contribution in [0.25, 0.3) is 0 Å². The minimum absolute atomic E-state index is 0.00691. The summed E-state index contributed by atoms with van der Waals surface area (Å²) in [5, 5.41) is 3.32. The standard InChI is InChI=1S/C22H31N3O2/c1-15-11-23-10-6-18(15)25-13-17-16(19-5-9-22(17,14-25)27-19)12-24-20(26)21(2)7-3-4-8-21/h6,10-11,16-17,19H,3-5,7-9,12-14H2,1-2H3,(H,24,26)/t16-,17+,19+,22+/m0/s1. The number of pyridine rings is 1. The average molecular weight is 370 g/mol. The van der Waals surface area contributed by atoms with Gasteiger partial charge in [0, 0.05) is 55.0 Å². The maximum Gasteiger partial charge on any atom is 0.225 e.